The summed E-state index contributed by atoms with van der Waals surface area (Å²) in [5, 5.41) is 3.27. The molecule has 2 aromatic carbocycles. The van der Waals surface area contributed by atoms with Crippen molar-refractivity contribution in [3.8, 4) is 5.75 Å². The number of amides is 1. The number of halogens is 1. The Hall–Kier alpha value is -3.16. The lowest BCUT2D eigenvalue weighted by Gasteiger charge is -2.35. The van der Waals surface area contributed by atoms with Crippen LogP contribution in [0.5, 0.6) is 5.75 Å². The van der Waals surface area contributed by atoms with Crippen LogP contribution in [0.25, 0.3) is 0 Å². The summed E-state index contributed by atoms with van der Waals surface area (Å²) in [6.07, 6.45) is 0.746. The number of hydrogen-bond acceptors (Lipinski definition) is 6. The van der Waals surface area contributed by atoms with Crippen LogP contribution < -0.4 is 15.0 Å². The third-order valence-electron chi connectivity index (χ3n) is 5.36. The standard InChI is InChI=1S/C24H26ClN5O2/c1-18(32-21-10-6-5-9-20(21)25)24(31)28-22-15-23(27-17-26-22)30-13-11-29(12-14-30)16-19-7-3-2-4-8-19/h2-10,15,17-18H,11-14,16H2,1H3,(H,26,27,28,31). The van der Waals surface area contributed by atoms with Crippen molar-refractivity contribution in [2.75, 3.05) is 36.4 Å². The number of benzene rings is 2. The number of aromatic nitrogens is 2. The molecule has 8 heteroatoms. The van der Waals surface area contributed by atoms with Gasteiger partial charge in [0.2, 0.25) is 0 Å². The highest BCUT2D eigenvalue weighted by Gasteiger charge is 2.20. The minimum Gasteiger partial charge on any atom is -0.479 e. The van der Waals surface area contributed by atoms with Crippen molar-refractivity contribution in [3.05, 3.63) is 77.6 Å². The SMILES string of the molecule is CC(Oc1ccccc1Cl)C(=O)Nc1cc(N2CCN(Cc3ccccc3)CC2)ncn1. The predicted octanol–water partition coefficient (Wildman–Crippen LogP) is 3.86. The second-order valence-corrected chi connectivity index (χ2v) is 8.10. The molecule has 1 aliphatic heterocycles. The van der Waals surface area contributed by atoms with Crippen LogP contribution in [-0.4, -0.2) is 53.1 Å². The predicted molar refractivity (Wildman–Crippen MR) is 126 cm³/mol. The zero-order valence-corrected chi connectivity index (χ0v) is 18.7. The van der Waals surface area contributed by atoms with Gasteiger partial charge in [-0.3, -0.25) is 9.69 Å². The molecule has 0 bridgehead atoms. The van der Waals surface area contributed by atoms with Crippen LogP contribution in [0.15, 0.2) is 67.0 Å². The topological polar surface area (TPSA) is 70.6 Å². The maximum absolute atomic E-state index is 12.6. The number of nitrogens with one attached hydrogen (secondary N) is 1. The Balaban J connectivity index is 1.31. The molecule has 0 spiro atoms. The van der Waals surface area contributed by atoms with Crippen molar-refractivity contribution in [1.29, 1.82) is 0 Å². The van der Waals surface area contributed by atoms with Gasteiger partial charge in [-0.25, -0.2) is 9.97 Å². The van der Waals surface area contributed by atoms with Gasteiger partial charge in [-0.05, 0) is 24.6 Å². The molecule has 4 rings (SSSR count). The maximum atomic E-state index is 12.6. The van der Waals surface area contributed by atoms with E-state index in [1.807, 2.05) is 18.2 Å². The third-order valence-corrected chi connectivity index (χ3v) is 5.67. The van der Waals surface area contributed by atoms with Crippen LogP contribution in [0, 0.1) is 0 Å². The highest BCUT2D eigenvalue weighted by molar-refractivity contribution is 6.32. The lowest BCUT2D eigenvalue weighted by atomic mass is 10.2. The molecule has 0 radical (unpaired) electrons. The van der Waals surface area contributed by atoms with E-state index in [4.69, 9.17) is 16.3 Å². The van der Waals surface area contributed by atoms with E-state index in [9.17, 15) is 4.79 Å². The summed E-state index contributed by atoms with van der Waals surface area (Å²) < 4.78 is 5.68. The first-order valence-corrected chi connectivity index (χ1v) is 11.0. The zero-order valence-electron chi connectivity index (χ0n) is 17.9. The van der Waals surface area contributed by atoms with Gasteiger partial charge in [-0.2, -0.15) is 0 Å². The highest BCUT2D eigenvalue weighted by atomic mass is 35.5. The van der Waals surface area contributed by atoms with Crippen LogP contribution in [-0.2, 0) is 11.3 Å². The fourth-order valence-electron chi connectivity index (χ4n) is 3.58. The number of hydrogen-bond donors (Lipinski definition) is 1. The first-order valence-electron chi connectivity index (χ1n) is 10.6. The molecular formula is C24H26ClN5O2. The van der Waals surface area contributed by atoms with E-state index in [2.05, 4.69) is 49.4 Å². The second-order valence-electron chi connectivity index (χ2n) is 7.69. The Kier molecular flexibility index (Phi) is 7.19. The Labute approximate surface area is 193 Å². The summed E-state index contributed by atoms with van der Waals surface area (Å²) in [5.74, 6) is 1.41. The van der Waals surface area contributed by atoms with E-state index in [-0.39, 0.29) is 5.91 Å². The first kappa shape index (κ1) is 22.0. The molecular weight excluding hydrogens is 426 g/mol. The molecule has 1 fully saturated rings. The monoisotopic (exact) mass is 451 g/mol. The lowest BCUT2D eigenvalue weighted by Crippen LogP contribution is -2.46. The highest BCUT2D eigenvalue weighted by Crippen LogP contribution is 2.24. The van der Waals surface area contributed by atoms with E-state index in [1.54, 1.807) is 25.1 Å². The molecule has 1 aromatic heterocycles. The van der Waals surface area contributed by atoms with E-state index in [0.29, 0.717) is 16.6 Å². The quantitative estimate of drug-likeness (QED) is 0.588. The molecule has 1 unspecified atom stereocenters. The molecule has 7 nitrogen and oxygen atoms in total. The van der Waals surface area contributed by atoms with Crippen molar-refractivity contribution in [2.24, 2.45) is 0 Å². The fraction of sp³-hybridized carbons (Fsp3) is 0.292. The Bertz CT molecular complexity index is 1040. The van der Waals surface area contributed by atoms with Gasteiger partial charge in [-0.1, -0.05) is 54.1 Å². The number of carbonyl (C=O) groups excluding carboxylic acids is 1. The van der Waals surface area contributed by atoms with E-state index in [1.165, 1.54) is 11.9 Å². The molecule has 1 aliphatic rings. The minimum absolute atomic E-state index is 0.303. The van der Waals surface area contributed by atoms with Crippen molar-refractivity contribution in [1.82, 2.24) is 14.9 Å². The minimum atomic E-state index is -0.727. The number of nitrogens with zero attached hydrogens (tertiary/aromatic N) is 4. The molecule has 1 saturated heterocycles. The van der Waals surface area contributed by atoms with Gasteiger partial charge in [0.25, 0.3) is 5.91 Å². The summed E-state index contributed by atoms with van der Waals surface area (Å²) in [4.78, 5) is 25.8. The molecule has 0 saturated carbocycles. The van der Waals surface area contributed by atoms with Gasteiger partial charge in [0, 0.05) is 38.8 Å². The summed E-state index contributed by atoms with van der Waals surface area (Å²) in [7, 11) is 0. The fourth-order valence-corrected chi connectivity index (χ4v) is 3.76. The largest absolute Gasteiger partial charge is 0.479 e. The Morgan fingerprint density at radius 1 is 1.06 bits per heavy atom. The van der Waals surface area contributed by atoms with Crippen molar-refractivity contribution < 1.29 is 9.53 Å². The van der Waals surface area contributed by atoms with Gasteiger partial charge in [0.1, 0.15) is 23.7 Å². The third kappa shape index (κ3) is 5.75. The van der Waals surface area contributed by atoms with Gasteiger partial charge in [0.05, 0.1) is 5.02 Å². The number of ether oxygens (including phenoxy) is 1. The lowest BCUT2D eigenvalue weighted by molar-refractivity contribution is -0.122. The summed E-state index contributed by atoms with van der Waals surface area (Å²) in [6, 6.07) is 19.4. The smallest absolute Gasteiger partial charge is 0.266 e. The molecule has 1 N–H and O–H groups in total. The number of para-hydroxylation sites is 1. The van der Waals surface area contributed by atoms with E-state index < -0.39 is 6.10 Å². The van der Waals surface area contributed by atoms with E-state index in [0.717, 1.165) is 38.5 Å². The molecule has 1 atom stereocenters. The summed E-state index contributed by atoms with van der Waals surface area (Å²) in [6.45, 7) is 6.24. The molecule has 166 valence electrons. The van der Waals surface area contributed by atoms with E-state index >= 15 is 0 Å². The average Bonchev–Trinajstić information content (AvgIpc) is 2.82. The van der Waals surface area contributed by atoms with Crippen molar-refractivity contribution in [3.63, 3.8) is 0 Å². The van der Waals surface area contributed by atoms with Crippen LogP contribution >= 0.6 is 11.6 Å². The number of anilines is 2. The van der Waals surface area contributed by atoms with Gasteiger partial charge in [0.15, 0.2) is 6.10 Å². The van der Waals surface area contributed by atoms with Crippen LogP contribution in [0.2, 0.25) is 5.02 Å². The van der Waals surface area contributed by atoms with Crippen LogP contribution in [0.4, 0.5) is 11.6 Å². The zero-order chi connectivity index (χ0) is 22.3. The van der Waals surface area contributed by atoms with Crippen molar-refractivity contribution in [2.45, 2.75) is 19.6 Å². The Morgan fingerprint density at radius 2 is 1.78 bits per heavy atom. The normalized spacial score (nSPS) is 15.2. The average molecular weight is 452 g/mol. The molecule has 32 heavy (non-hydrogen) atoms. The van der Waals surface area contributed by atoms with Crippen molar-refractivity contribution >= 4 is 29.1 Å². The number of piperazine rings is 1. The molecule has 1 amide bonds. The van der Waals surface area contributed by atoms with Gasteiger partial charge >= 0.3 is 0 Å². The first-order chi connectivity index (χ1) is 15.6. The number of carbonyl (C=O) groups is 1. The van der Waals surface area contributed by atoms with Crippen LogP contribution in [0.3, 0.4) is 0 Å². The Morgan fingerprint density at radius 3 is 2.53 bits per heavy atom. The second kappa shape index (κ2) is 10.4. The van der Waals surface area contributed by atoms with Gasteiger partial charge in [-0.15, -0.1) is 0 Å². The maximum Gasteiger partial charge on any atom is 0.266 e. The summed E-state index contributed by atoms with van der Waals surface area (Å²) in [5.41, 5.74) is 1.32. The van der Waals surface area contributed by atoms with Gasteiger partial charge < -0.3 is 15.0 Å². The number of rotatable bonds is 7. The van der Waals surface area contributed by atoms with Crippen LogP contribution in [0.1, 0.15) is 12.5 Å². The summed E-state index contributed by atoms with van der Waals surface area (Å²) >= 11 is 6.11. The molecule has 0 aliphatic carbocycles. The molecule has 3 aromatic rings. The molecule has 2 heterocycles.